The topological polar surface area (TPSA) is 29.1 Å². The largest absolute Gasteiger partial charge is 0.351 e. The van der Waals surface area contributed by atoms with Gasteiger partial charge in [0.15, 0.2) is 0 Å². The summed E-state index contributed by atoms with van der Waals surface area (Å²) in [7, 11) is 0. The molecule has 0 saturated heterocycles. The van der Waals surface area contributed by atoms with Crippen molar-refractivity contribution in [3.05, 3.63) is 65.5 Å². The molecular weight excluding hydrogens is 273 g/mol. The predicted octanol–water partition coefficient (Wildman–Crippen LogP) is 3.66. The van der Waals surface area contributed by atoms with Crippen LogP contribution in [0.1, 0.15) is 15.9 Å². The van der Waals surface area contributed by atoms with Gasteiger partial charge in [0.05, 0.1) is 0 Å². The van der Waals surface area contributed by atoms with E-state index >= 15 is 0 Å². The molecule has 2 nitrogen and oxygen atoms in total. The van der Waals surface area contributed by atoms with Gasteiger partial charge in [0.2, 0.25) is 0 Å². The molecule has 0 aromatic heterocycles. The van der Waals surface area contributed by atoms with Crippen LogP contribution in [-0.2, 0) is 0 Å². The van der Waals surface area contributed by atoms with Crippen LogP contribution in [0.3, 0.4) is 0 Å². The third kappa shape index (κ3) is 4.38. The Balaban J connectivity index is 1.76. The maximum absolute atomic E-state index is 13.0. The Morgan fingerprint density at radius 3 is 2.65 bits per heavy atom. The van der Waals surface area contributed by atoms with Crippen molar-refractivity contribution >= 4 is 17.7 Å². The van der Waals surface area contributed by atoms with Crippen LogP contribution in [0.25, 0.3) is 0 Å². The standard InChI is InChI=1S/C16H16FNOS/c1-12-5-7-15(8-6-12)20-10-9-18-16(19)13-3-2-4-14(17)11-13/h2-8,11H,9-10H2,1H3,(H,18,19). The van der Waals surface area contributed by atoms with Crippen molar-refractivity contribution in [3.63, 3.8) is 0 Å². The number of halogens is 1. The van der Waals surface area contributed by atoms with Crippen LogP contribution >= 0.6 is 11.8 Å². The molecule has 1 amide bonds. The van der Waals surface area contributed by atoms with Crippen LogP contribution in [0, 0.1) is 12.7 Å². The first-order valence-electron chi connectivity index (χ1n) is 6.38. The zero-order chi connectivity index (χ0) is 14.4. The molecule has 2 aromatic rings. The zero-order valence-corrected chi connectivity index (χ0v) is 12.0. The Morgan fingerprint density at radius 2 is 1.95 bits per heavy atom. The van der Waals surface area contributed by atoms with Crippen molar-refractivity contribution in [2.24, 2.45) is 0 Å². The Kier molecular flexibility index (Phi) is 5.18. The van der Waals surface area contributed by atoms with E-state index in [1.54, 1.807) is 17.8 Å². The molecule has 0 saturated carbocycles. The van der Waals surface area contributed by atoms with E-state index in [0.717, 1.165) is 5.75 Å². The van der Waals surface area contributed by atoms with Crippen LogP contribution < -0.4 is 5.32 Å². The van der Waals surface area contributed by atoms with Gasteiger partial charge in [-0.2, -0.15) is 0 Å². The first kappa shape index (κ1) is 14.6. The Morgan fingerprint density at radius 1 is 1.20 bits per heavy atom. The second-order valence-corrected chi connectivity index (χ2v) is 5.60. The van der Waals surface area contributed by atoms with Gasteiger partial charge in [-0.05, 0) is 37.3 Å². The van der Waals surface area contributed by atoms with Crippen LogP contribution in [0.2, 0.25) is 0 Å². The van der Waals surface area contributed by atoms with E-state index < -0.39 is 5.82 Å². The van der Waals surface area contributed by atoms with Gasteiger partial charge in [0.1, 0.15) is 5.82 Å². The van der Waals surface area contributed by atoms with Gasteiger partial charge < -0.3 is 5.32 Å². The predicted molar refractivity (Wildman–Crippen MR) is 80.6 cm³/mol. The van der Waals surface area contributed by atoms with E-state index in [4.69, 9.17) is 0 Å². The van der Waals surface area contributed by atoms with Gasteiger partial charge in [0.25, 0.3) is 5.91 Å². The van der Waals surface area contributed by atoms with Gasteiger partial charge >= 0.3 is 0 Å². The van der Waals surface area contributed by atoms with Gasteiger partial charge in [-0.25, -0.2) is 4.39 Å². The van der Waals surface area contributed by atoms with Crippen molar-refractivity contribution in [3.8, 4) is 0 Å². The lowest BCUT2D eigenvalue weighted by molar-refractivity contribution is 0.0955. The highest BCUT2D eigenvalue weighted by Crippen LogP contribution is 2.17. The molecule has 2 rings (SSSR count). The molecule has 0 bridgehead atoms. The fourth-order valence-electron chi connectivity index (χ4n) is 1.70. The number of hydrogen-bond donors (Lipinski definition) is 1. The third-order valence-electron chi connectivity index (χ3n) is 2.76. The van der Waals surface area contributed by atoms with Gasteiger partial charge in [-0.15, -0.1) is 11.8 Å². The van der Waals surface area contributed by atoms with Crippen LogP contribution in [-0.4, -0.2) is 18.2 Å². The summed E-state index contributed by atoms with van der Waals surface area (Å²) >= 11 is 1.68. The number of amides is 1. The molecule has 20 heavy (non-hydrogen) atoms. The highest BCUT2D eigenvalue weighted by Gasteiger charge is 2.05. The average molecular weight is 289 g/mol. The average Bonchev–Trinajstić information content (AvgIpc) is 2.45. The van der Waals surface area contributed by atoms with Gasteiger partial charge in [0, 0.05) is 22.8 Å². The van der Waals surface area contributed by atoms with Crippen molar-refractivity contribution < 1.29 is 9.18 Å². The molecule has 0 unspecified atom stereocenters. The molecular formula is C16H16FNOS. The molecule has 0 fully saturated rings. The minimum atomic E-state index is -0.397. The molecule has 0 aliphatic heterocycles. The van der Waals surface area contributed by atoms with E-state index in [0.29, 0.717) is 12.1 Å². The first-order chi connectivity index (χ1) is 9.65. The molecule has 4 heteroatoms. The summed E-state index contributed by atoms with van der Waals surface area (Å²) in [6.45, 7) is 2.60. The van der Waals surface area contributed by atoms with Gasteiger partial charge in [-0.3, -0.25) is 4.79 Å². The summed E-state index contributed by atoms with van der Waals surface area (Å²) in [4.78, 5) is 12.9. The number of aryl methyl sites for hydroxylation is 1. The monoisotopic (exact) mass is 289 g/mol. The molecule has 0 heterocycles. The van der Waals surface area contributed by atoms with Crippen LogP contribution in [0.15, 0.2) is 53.4 Å². The minimum Gasteiger partial charge on any atom is -0.351 e. The maximum atomic E-state index is 13.0. The van der Waals surface area contributed by atoms with Crippen molar-refractivity contribution in [2.45, 2.75) is 11.8 Å². The molecule has 0 radical (unpaired) electrons. The van der Waals surface area contributed by atoms with Crippen molar-refractivity contribution in [2.75, 3.05) is 12.3 Å². The molecule has 0 spiro atoms. The number of rotatable bonds is 5. The lowest BCUT2D eigenvalue weighted by Crippen LogP contribution is -2.25. The Bertz CT molecular complexity index is 583. The molecule has 0 aliphatic carbocycles. The Hall–Kier alpha value is -1.81. The summed E-state index contributed by atoms with van der Waals surface area (Å²) in [5.41, 5.74) is 1.58. The lowest BCUT2D eigenvalue weighted by atomic mass is 10.2. The highest BCUT2D eigenvalue weighted by atomic mass is 32.2. The molecule has 0 aliphatic rings. The van der Waals surface area contributed by atoms with E-state index in [1.807, 2.05) is 6.92 Å². The third-order valence-corrected chi connectivity index (χ3v) is 3.78. The lowest BCUT2D eigenvalue weighted by Gasteiger charge is -2.05. The highest BCUT2D eigenvalue weighted by molar-refractivity contribution is 7.99. The summed E-state index contributed by atoms with van der Waals surface area (Å²) in [5, 5.41) is 2.78. The molecule has 2 aromatic carbocycles. The van der Waals surface area contributed by atoms with E-state index in [-0.39, 0.29) is 5.91 Å². The fraction of sp³-hybridized carbons (Fsp3) is 0.188. The van der Waals surface area contributed by atoms with E-state index in [1.165, 1.54) is 28.7 Å². The number of hydrogen-bond acceptors (Lipinski definition) is 2. The van der Waals surface area contributed by atoms with E-state index in [9.17, 15) is 9.18 Å². The SMILES string of the molecule is Cc1ccc(SCCNC(=O)c2cccc(F)c2)cc1. The number of carbonyl (C=O) groups excluding carboxylic acids is 1. The van der Waals surface area contributed by atoms with Crippen LogP contribution in [0.4, 0.5) is 4.39 Å². The molecule has 104 valence electrons. The normalized spacial score (nSPS) is 10.3. The Labute approximate surface area is 122 Å². The number of nitrogens with one attached hydrogen (secondary N) is 1. The van der Waals surface area contributed by atoms with Crippen molar-refractivity contribution in [1.29, 1.82) is 0 Å². The molecule has 0 atom stereocenters. The number of carbonyl (C=O) groups is 1. The second kappa shape index (κ2) is 7.10. The second-order valence-electron chi connectivity index (χ2n) is 4.43. The number of benzene rings is 2. The summed E-state index contributed by atoms with van der Waals surface area (Å²) in [6.07, 6.45) is 0. The van der Waals surface area contributed by atoms with Crippen molar-refractivity contribution in [1.82, 2.24) is 5.32 Å². The summed E-state index contributed by atoms with van der Waals surface area (Å²) < 4.78 is 13.0. The van der Waals surface area contributed by atoms with E-state index in [2.05, 4.69) is 29.6 Å². The fourth-order valence-corrected chi connectivity index (χ4v) is 2.47. The zero-order valence-electron chi connectivity index (χ0n) is 11.2. The summed E-state index contributed by atoms with van der Waals surface area (Å²) in [6, 6.07) is 14.0. The smallest absolute Gasteiger partial charge is 0.251 e. The summed E-state index contributed by atoms with van der Waals surface area (Å²) in [5.74, 6) is 0.144. The quantitative estimate of drug-likeness (QED) is 0.672. The number of thioether (sulfide) groups is 1. The molecule has 1 N–H and O–H groups in total. The van der Waals surface area contributed by atoms with Crippen LogP contribution in [0.5, 0.6) is 0 Å². The maximum Gasteiger partial charge on any atom is 0.251 e. The first-order valence-corrected chi connectivity index (χ1v) is 7.37. The van der Waals surface area contributed by atoms with Gasteiger partial charge in [-0.1, -0.05) is 23.8 Å². The minimum absolute atomic E-state index is 0.242.